The number of nitrogens with two attached hydrogens (primary N) is 1. The molecule has 2 aromatic carbocycles. The summed E-state index contributed by atoms with van der Waals surface area (Å²) in [5, 5.41) is 17.4. The highest BCUT2D eigenvalue weighted by Gasteiger charge is 2.29. The molecule has 2 aromatic heterocycles. The highest BCUT2D eigenvalue weighted by atomic mass is 32.1. The predicted octanol–water partition coefficient (Wildman–Crippen LogP) is 7.79. The summed E-state index contributed by atoms with van der Waals surface area (Å²) in [6.07, 6.45) is -4.37. The average Bonchev–Trinajstić information content (AvgIpc) is 3.24. The molecule has 0 unspecified atom stereocenters. The van der Waals surface area contributed by atoms with E-state index in [0.717, 1.165) is 21.7 Å². The standard InChI is InChI=1S/C18H11F3N6S2/c19-18(20,21)10-1-5-12(6-2-10)24-26-15-9-14-16(29-15)23-17(28-14)27-25-13-7-3-11(22)4-8-13/h1-9H,22H2. The Hall–Kier alpha value is -3.18. The average molecular weight is 432 g/mol. The van der Waals surface area contributed by atoms with Gasteiger partial charge in [-0.05, 0) is 54.6 Å². The molecule has 4 rings (SSSR count). The molecule has 0 aliphatic rings. The van der Waals surface area contributed by atoms with E-state index < -0.39 is 11.7 Å². The number of hydrogen-bond acceptors (Lipinski definition) is 8. The second kappa shape index (κ2) is 7.68. The number of rotatable bonds is 4. The van der Waals surface area contributed by atoms with Crippen molar-refractivity contribution in [1.29, 1.82) is 0 Å². The van der Waals surface area contributed by atoms with Crippen LogP contribution in [0.1, 0.15) is 5.56 Å². The lowest BCUT2D eigenvalue weighted by atomic mass is 10.2. The third-order valence-corrected chi connectivity index (χ3v) is 5.60. The van der Waals surface area contributed by atoms with Crippen LogP contribution in [0.2, 0.25) is 0 Å². The minimum atomic E-state index is -4.37. The molecular formula is C18H11F3N6S2. The summed E-state index contributed by atoms with van der Waals surface area (Å²) < 4.78 is 38.6. The first kappa shape index (κ1) is 19.2. The molecule has 0 bridgehead atoms. The van der Waals surface area contributed by atoms with Gasteiger partial charge in [-0.3, -0.25) is 0 Å². The number of thiazole rings is 1. The normalized spacial score (nSPS) is 12.5. The van der Waals surface area contributed by atoms with Gasteiger partial charge in [-0.1, -0.05) is 22.7 Å². The number of hydrogen-bond donors (Lipinski definition) is 1. The molecule has 4 aromatic rings. The Morgan fingerprint density at radius 1 is 0.793 bits per heavy atom. The van der Waals surface area contributed by atoms with Gasteiger partial charge < -0.3 is 5.73 Å². The Kier molecular flexibility index (Phi) is 5.07. The van der Waals surface area contributed by atoms with Gasteiger partial charge in [0.05, 0.1) is 21.6 Å². The number of halogens is 3. The van der Waals surface area contributed by atoms with Crippen molar-refractivity contribution in [2.45, 2.75) is 6.18 Å². The van der Waals surface area contributed by atoms with Gasteiger partial charge in [-0.15, -0.1) is 20.5 Å². The molecule has 0 saturated carbocycles. The lowest BCUT2D eigenvalue weighted by molar-refractivity contribution is -0.137. The third kappa shape index (κ3) is 4.63. The van der Waals surface area contributed by atoms with Crippen molar-refractivity contribution < 1.29 is 13.2 Å². The molecule has 0 aliphatic carbocycles. The topological polar surface area (TPSA) is 88.3 Å². The van der Waals surface area contributed by atoms with Crippen molar-refractivity contribution in [1.82, 2.24) is 4.98 Å². The predicted molar refractivity (Wildman–Crippen MR) is 108 cm³/mol. The van der Waals surface area contributed by atoms with E-state index in [-0.39, 0.29) is 0 Å². The van der Waals surface area contributed by atoms with Crippen molar-refractivity contribution in [3.8, 4) is 0 Å². The number of nitrogens with zero attached hydrogens (tertiary/aromatic N) is 5. The highest BCUT2D eigenvalue weighted by Crippen LogP contribution is 2.39. The third-order valence-electron chi connectivity index (χ3n) is 3.67. The number of fused-ring (bicyclic) bond motifs is 1. The molecule has 0 aliphatic heterocycles. The molecule has 2 heterocycles. The molecule has 2 N–H and O–H groups in total. The van der Waals surface area contributed by atoms with Crippen LogP contribution < -0.4 is 5.73 Å². The van der Waals surface area contributed by atoms with E-state index in [1.807, 2.05) is 0 Å². The van der Waals surface area contributed by atoms with Gasteiger partial charge in [0.25, 0.3) is 0 Å². The molecule has 146 valence electrons. The van der Waals surface area contributed by atoms with E-state index in [9.17, 15) is 13.2 Å². The Balaban J connectivity index is 1.46. The van der Waals surface area contributed by atoms with Crippen molar-refractivity contribution in [2.24, 2.45) is 20.5 Å². The van der Waals surface area contributed by atoms with Gasteiger partial charge >= 0.3 is 6.18 Å². The highest BCUT2D eigenvalue weighted by molar-refractivity contribution is 7.30. The summed E-state index contributed by atoms with van der Waals surface area (Å²) in [4.78, 5) is 5.12. The second-order valence-electron chi connectivity index (χ2n) is 5.79. The Morgan fingerprint density at radius 2 is 1.41 bits per heavy atom. The summed E-state index contributed by atoms with van der Waals surface area (Å²) in [7, 11) is 0. The number of thiophene rings is 1. The summed E-state index contributed by atoms with van der Waals surface area (Å²) in [5.41, 5.74) is 6.56. The Morgan fingerprint density at radius 3 is 2.03 bits per heavy atom. The molecule has 0 saturated heterocycles. The van der Waals surface area contributed by atoms with Crippen molar-refractivity contribution >= 4 is 59.4 Å². The largest absolute Gasteiger partial charge is 0.416 e. The Bertz CT molecular complexity index is 1160. The maximum atomic E-state index is 12.6. The van der Waals surface area contributed by atoms with E-state index >= 15 is 0 Å². The molecule has 0 radical (unpaired) electrons. The van der Waals surface area contributed by atoms with Crippen molar-refractivity contribution in [3.05, 3.63) is 60.2 Å². The summed E-state index contributed by atoms with van der Waals surface area (Å²) >= 11 is 2.66. The maximum Gasteiger partial charge on any atom is 0.416 e. The lowest BCUT2D eigenvalue weighted by Gasteiger charge is -2.05. The van der Waals surface area contributed by atoms with Gasteiger partial charge in [-0.25, -0.2) is 4.98 Å². The van der Waals surface area contributed by atoms with E-state index in [0.29, 0.717) is 27.2 Å². The van der Waals surface area contributed by atoms with Crippen LogP contribution in [0.3, 0.4) is 0 Å². The number of alkyl halides is 3. The molecule has 11 heteroatoms. The number of aromatic nitrogens is 1. The summed E-state index contributed by atoms with van der Waals surface area (Å²) in [5.74, 6) is 0. The fourth-order valence-corrected chi connectivity index (χ4v) is 4.12. The van der Waals surface area contributed by atoms with Gasteiger partial charge in [-0.2, -0.15) is 13.2 Å². The van der Waals surface area contributed by atoms with Crippen LogP contribution in [0.25, 0.3) is 9.53 Å². The zero-order chi connectivity index (χ0) is 20.4. The molecular weight excluding hydrogens is 421 g/mol. The first-order valence-electron chi connectivity index (χ1n) is 8.13. The molecule has 0 fully saturated rings. The van der Waals surface area contributed by atoms with E-state index in [4.69, 9.17) is 5.73 Å². The Labute approximate surface area is 170 Å². The molecule has 0 amide bonds. The smallest absolute Gasteiger partial charge is 0.399 e. The zero-order valence-corrected chi connectivity index (χ0v) is 16.1. The first-order valence-corrected chi connectivity index (χ1v) is 9.77. The molecule has 29 heavy (non-hydrogen) atoms. The van der Waals surface area contributed by atoms with E-state index in [1.165, 1.54) is 34.8 Å². The quantitative estimate of drug-likeness (QED) is 0.263. The number of nitrogen functional groups attached to an aromatic ring is 1. The van der Waals surface area contributed by atoms with E-state index in [1.54, 1.807) is 30.3 Å². The maximum absolute atomic E-state index is 12.6. The monoisotopic (exact) mass is 432 g/mol. The number of anilines is 1. The zero-order valence-electron chi connectivity index (χ0n) is 14.5. The van der Waals surface area contributed by atoms with Gasteiger partial charge in [0.1, 0.15) is 9.83 Å². The van der Waals surface area contributed by atoms with Crippen LogP contribution in [0.4, 0.5) is 40.4 Å². The van der Waals surface area contributed by atoms with Gasteiger partial charge in [0.2, 0.25) is 5.13 Å². The minimum Gasteiger partial charge on any atom is -0.399 e. The van der Waals surface area contributed by atoms with Crippen LogP contribution in [0.15, 0.2) is 75.1 Å². The minimum absolute atomic E-state index is 0.334. The molecule has 6 nitrogen and oxygen atoms in total. The van der Waals surface area contributed by atoms with Crippen LogP contribution in [-0.4, -0.2) is 4.98 Å². The van der Waals surface area contributed by atoms with Crippen LogP contribution in [-0.2, 0) is 6.18 Å². The van der Waals surface area contributed by atoms with E-state index in [2.05, 4.69) is 25.4 Å². The fraction of sp³-hybridized carbons (Fsp3) is 0.0556. The van der Waals surface area contributed by atoms with Gasteiger partial charge in [0, 0.05) is 5.69 Å². The van der Waals surface area contributed by atoms with Crippen LogP contribution in [0, 0.1) is 0 Å². The number of azo groups is 2. The van der Waals surface area contributed by atoms with Gasteiger partial charge in [0.15, 0.2) is 0 Å². The first-order chi connectivity index (χ1) is 13.9. The fourth-order valence-electron chi connectivity index (χ4n) is 2.27. The lowest BCUT2D eigenvalue weighted by Crippen LogP contribution is -2.03. The second-order valence-corrected chi connectivity index (χ2v) is 7.80. The summed E-state index contributed by atoms with van der Waals surface area (Å²) in [6.45, 7) is 0. The SMILES string of the molecule is Nc1ccc(N=Nc2nc3sc(N=Nc4ccc(C(F)(F)F)cc4)cc3s2)cc1. The summed E-state index contributed by atoms with van der Waals surface area (Å²) in [6, 6.07) is 13.3. The number of benzene rings is 2. The molecule has 0 spiro atoms. The van der Waals surface area contributed by atoms with Crippen LogP contribution in [0.5, 0.6) is 0 Å². The molecule has 0 atom stereocenters. The van der Waals surface area contributed by atoms with Crippen molar-refractivity contribution in [3.63, 3.8) is 0 Å². The van der Waals surface area contributed by atoms with Crippen LogP contribution >= 0.6 is 22.7 Å². The van der Waals surface area contributed by atoms with Crippen molar-refractivity contribution in [2.75, 3.05) is 5.73 Å².